The molecule has 0 bridgehead atoms. The fourth-order valence-electron chi connectivity index (χ4n) is 1.42. The van der Waals surface area contributed by atoms with Gasteiger partial charge in [-0.25, -0.2) is 13.9 Å². The van der Waals surface area contributed by atoms with E-state index in [0.717, 1.165) is 17.4 Å². The van der Waals surface area contributed by atoms with Crippen molar-refractivity contribution in [1.82, 2.24) is 5.48 Å². The van der Waals surface area contributed by atoms with E-state index < -0.39 is 9.84 Å². The smallest absolute Gasteiger partial charge is 0.175 e. The lowest BCUT2D eigenvalue weighted by Gasteiger charge is -2.10. The van der Waals surface area contributed by atoms with Gasteiger partial charge in [0, 0.05) is 12.8 Å². The number of sulfone groups is 1. The molecule has 1 aromatic rings. The predicted octanol–water partition coefficient (Wildman–Crippen LogP) is 1.19. The van der Waals surface area contributed by atoms with E-state index in [9.17, 15) is 8.42 Å². The Kier molecular flexibility index (Phi) is 3.49. The van der Waals surface area contributed by atoms with Gasteiger partial charge in [0.2, 0.25) is 0 Å². The van der Waals surface area contributed by atoms with Crippen molar-refractivity contribution in [3.05, 3.63) is 28.8 Å². The number of hydroxylamine groups is 1. The highest BCUT2D eigenvalue weighted by Crippen LogP contribution is 2.20. The lowest BCUT2D eigenvalue weighted by molar-refractivity contribution is 0.160. The summed E-state index contributed by atoms with van der Waals surface area (Å²) in [6.07, 6.45) is 1.16. The molecule has 5 heteroatoms. The minimum absolute atomic E-state index is 0.128. The van der Waals surface area contributed by atoms with Crippen LogP contribution in [0.25, 0.3) is 0 Å². The first-order chi connectivity index (χ1) is 6.86. The summed E-state index contributed by atoms with van der Waals surface area (Å²) in [5, 5.41) is 8.63. The lowest BCUT2D eigenvalue weighted by Crippen LogP contribution is -2.12. The molecule has 0 aromatic heterocycles. The molecular formula is C10H15NO3S. The molecular weight excluding hydrogens is 214 g/mol. The van der Waals surface area contributed by atoms with E-state index in [1.165, 1.54) is 0 Å². The van der Waals surface area contributed by atoms with E-state index in [-0.39, 0.29) is 11.4 Å². The zero-order valence-electron chi connectivity index (χ0n) is 9.03. The van der Waals surface area contributed by atoms with Gasteiger partial charge in [0.1, 0.15) is 0 Å². The quantitative estimate of drug-likeness (QED) is 0.764. The summed E-state index contributed by atoms with van der Waals surface area (Å²) in [4.78, 5) is 0.271. The number of rotatable bonds is 3. The fraction of sp³-hybridized carbons (Fsp3) is 0.400. The molecule has 0 fully saturated rings. The van der Waals surface area contributed by atoms with Crippen LogP contribution in [0.4, 0.5) is 0 Å². The van der Waals surface area contributed by atoms with Crippen LogP contribution in [-0.2, 0) is 16.4 Å². The average molecular weight is 229 g/mol. The highest BCUT2D eigenvalue weighted by molar-refractivity contribution is 7.90. The standard InChI is InChI=1S/C10H15NO3S/c1-7-4-9(6-11-12)10(5-8(7)2)15(3,13)14/h4-5,11-12H,6H2,1-3H3. The van der Waals surface area contributed by atoms with Crippen LogP contribution in [0.5, 0.6) is 0 Å². The lowest BCUT2D eigenvalue weighted by atomic mass is 10.1. The van der Waals surface area contributed by atoms with E-state index in [4.69, 9.17) is 5.21 Å². The molecule has 0 saturated heterocycles. The number of nitrogens with one attached hydrogen (secondary N) is 1. The Hall–Kier alpha value is -0.910. The summed E-state index contributed by atoms with van der Waals surface area (Å²) in [5.74, 6) is 0. The van der Waals surface area contributed by atoms with Crippen LogP contribution in [0.1, 0.15) is 16.7 Å². The van der Waals surface area contributed by atoms with Crippen molar-refractivity contribution >= 4 is 9.84 Å². The molecule has 15 heavy (non-hydrogen) atoms. The zero-order valence-corrected chi connectivity index (χ0v) is 9.85. The van der Waals surface area contributed by atoms with Crippen molar-refractivity contribution in [3.8, 4) is 0 Å². The minimum Gasteiger partial charge on any atom is -0.316 e. The van der Waals surface area contributed by atoms with Crippen LogP contribution in [-0.4, -0.2) is 19.9 Å². The Morgan fingerprint density at radius 1 is 1.27 bits per heavy atom. The Bertz CT molecular complexity index is 466. The summed E-state index contributed by atoms with van der Waals surface area (Å²) < 4.78 is 23.0. The number of hydrogen-bond acceptors (Lipinski definition) is 4. The second kappa shape index (κ2) is 4.30. The van der Waals surface area contributed by atoms with Gasteiger partial charge in [-0.05, 0) is 36.6 Å². The van der Waals surface area contributed by atoms with Crippen molar-refractivity contribution < 1.29 is 13.6 Å². The average Bonchev–Trinajstić information content (AvgIpc) is 2.09. The minimum atomic E-state index is -3.25. The molecule has 1 aromatic carbocycles. The van der Waals surface area contributed by atoms with Crippen molar-refractivity contribution in [1.29, 1.82) is 0 Å². The Balaban J connectivity index is 3.42. The van der Waals surface area contributed by atoms with Crippen LogP contribution < -0.4 is 5.48 Å². The SMILES string of the molecule is Cc1cc(CNO)c(S(C)(=O)=O)cc1C. The van der Waals surface area contributed by atoms with Crippen LogP contribution in [0.2, 0.25) is 0 Å². The van der Waals surface area contributed by atoms with Gasteiger partial charge in [0.25, 0.3) is 0 Å². The van der Waals surface area contributed by atoms with Crippen molar-refractivity contribution in [3.63, 3.8) is 0 Å². The molecule has 0 unspecified atom stereocenters. The van der Waals surface area contributed by atoms with E-state index in [2.05, 4.69) is 0 Å². The number of benzene rings is 1. The number of hydrogen-bond donors (Lipinski definition) is 2. The maximum atomic E-state index is 11.5. The zero-order chi connectivity index (χ0) is 11.6. The highest BCUT2D eigenvalue weighted by Gasteiger charge is 2.14. The first-order valence-electron chi connectivity index (χ1n) is 4.53. The van der Waals surface area contributed by atoms with Gasteiger partial charge in [-0.15, -0.1) is 0 Å². The van der Waals surface area contributed by atoms with E-state index >= 15 is 0 Å². The molecule has 0 amide bonds. The molecule has 4 nitrogen and oxygen atoms in total. The molecule has 0 heterocycles. The fourth-order valence-corrected chi connectivity index (χ4v) is 2.42. The molecule has 0 spiro atoms. The van der Waals surface area contributed by atoms with Gasteiger partial charge in [-0.3, -0.25) is 0 Å². The topological polar surface area (TPSA) is 66.4 Å². The monoisotopic (exact) mass is 229 g/mol. The van der Waals surface area contributed by atoms with Gasteiger partial charge < -0.3 is 5.21 Å². The summed E-state index contributed by atoms with van der Waals surface area (Å²) in [7, 11) is -3.25. The summed E-state index contributed by atoms with van der Waals surface area (Å²) in [5.41, 5.74) is 4.50. The van der Waals surface area contributed by atoms with Gasteiger partial charge >= 0.3 is 0 Å². The van der Waals surface area contributed by atoms with Crippen LogP contribution >= 0.6 is 0 Å². The van der Waals surface area contributed by atoms with E-state index in [0.29, 0.717) is 5.56 Å². The molecule has 0 aliphatic carbocycles. The molecule has 0 aliphatic rings. The first kappa shape index (κ1) is 12.2. The number of aryl methyl sites for hydroxylation is 2. The second-order valence-electron chi connectivity index (χ2n) is 3.65. The third-order valence-corrected chi connectivity index (χ3v) is 3.52. The van der Waals surface area contributed by atoms with Crippen molar-refractivity contribution in [2.45, 2.75) is 25.3 Å². The van der Waals surface area contributed by atoms with E-state index in [1.807, 2.05) is 19.3 Å². The normalized spacial score (nSPS) is 11.7. The summed E-state index contributed by atoms with van der Waals surface area (Å²) in [6.45, 7) is 3.89. The van der Waals surface area contributed by atoms with Crippen LogP contribution in [0.15, 0.2) is 17.0 Å². The second-order valence-corrected chi connectivity index (χ2v) is 5.64. The molecule has 0 aliphatic heterocycles. The van der Waals surface area contributed by atoms with Crippen molar-refractivity contribution in [2.24, 2.45) is 0 Å². The van der Waals surface area contributed by atoms with Crippen LogP contribution in [0.3, 0.4) is 0 Å². The van der Waals surface area contributed by atoms with Gasteiger partial charge in [0.05, 0.1) is 4.90 Å². The molecule has 0 saturated carbocycles. The summed E-state index contributed by atoms with van der Waals surface area (Å²) in [6, 6.07) is 3.41. The molecule has 2 N–H and O–H groups in total. The largest absolute Gasteiger partial charge is 0.316 e. The Morgan fingerprint density at radius 2 is 1.80 bits per heavy atom. The highest BCUT2D eigenvalue weighted by atomic mass is 32.2. The van der Waals surface area contributed by atoms with Crippen molar-refractivity contribution in [2.75, 3.05) is 6.26 Å². The molecule has 84 valence electrons. The maximum absolute atomic E-state index is 11.5. The first-order valence-corrected chi connectivity index (χ1v) is 6.42. The van der Waals surface area contributed by atoms with E-state index in [1.54, 1.807) is 12.1 Å². The summed E-state index contributed by atoms with van der Waals surface area (Å²) >= 11 is 0. The predicted molar refractivity (Wildman–Crippen MR) is 57.7 cm³/mol. The molecule has 0 atom stereocenters. The van der Waals surface area contributed by atoms with Gasteiger partial charge in [-0.1, -0.05) is 6.07 Å². The molecule has 1 rings (SSSR count). The Labute approximate surface area is 89.8 Å². The maximum Gasteiger partial charge on any atom is 0.175 e. The van der Waals surface area contributed by atoms with Gasteiger partial charge in [-0.2, -0.15) is 0 Å². The third kappa shape index (κ3) is 2.77. The Morgan fingerprint density at radius 3 is 2.27 bits per heavy atom. The van der Waals surface area contributed by atoms with Gasteiger partial charge in [0.15, 0.2) is 9.84 Å². The molecule has 0 radical (unpaired) electrons. The van der Waals surface area contributed by atoms with Crippen LogP contribution in [0, 0.1) is 13.8 Å². The third-order valence-electron chi connectivity index (χ3n) is 2.35.